The molecule has 1 saturated heterocycles. The number of carbonyl (C=O) groups is 2. The molecule has 1 aliphatic heterocycles. The van der Waals surface area contributed by atoms with Crippen LogP contribution in [0.1, 0.15) is 33.7 Å². The maximum Gasteiger partial charge on any atom is 0.227 e. The summed E-state index contributed by atoms with van der Waals surface area (Å²) in [5.41, 5.74) is 7.43. The summed E-state index contributed by atoms with van der Waals surface area (Å²) in [5, 5.41) is 0. The van der Waals surface area contributed by atoms with Crippen molar-refractivity contribution in [2.24, 2.45) is 5.73 Å². The first-order valence-corrected chi connectivity index (χ1v) is 9.04. The lowest BCUT2D eigenvalue weighted by atomic mass is 9.96. The van der Waals surface area contributed by atoms with Crippen LogP contribution < -0.4 is 10.5 Å². The number of hydrogen-bond donors (Lipinski definition) is 1. The third kappa shape index (κ3) is 3.48. The molecule has 2 aliphatic rings. The average Bonchev–Trinajstić information content (AvgIpc) is 2.68. The summed E-state index contributed by atoms with van der Waals surface area (Å²) in [6, 6.07) is 11.0. The second-order valence-corrected chi connectivity index (χ2v) is 7.03. The van der Waals surface area contributed by atoms with E-state index in [1.165, 1.54) is 0 Å². The first-order valence-electron chi connectivity index (χ1n) is 9.04. The molecule has 4 rings (SSSR count). The zero-order chi connectivity index (χ0) is 19.0. The van der Waals surface area contributed by atoms with Gasteiger partial charge in [-0.15, -0.1) is 0 Å². The van der Waals surface area contributed by atoms with Crippen molar-refractivity contribution in [3.63, 3.8) is 0 Å². The van der Waals surface area contributed by atoms with Gasteiger partial charge in [0.05, 0.1) is 17.0 Å². The molecule has 1 aromatic heterocycles. The minimum Gasteiger partial charge on any atom is -0.490 e. The number of pyridine rings is 1. The topological polar surface area (TPSA) is 85.5 Å². The van der Waals surface area contributed by atoms with E-state index in [2.05, 4.69) is 16.9 Å². The SMILES string of the molecule is CN1CCC(Oc2ccc(-c3ccc4c(n3)C(=O)C(N)=CC4=O)cc2)CC1. The van der Waals surface area contributed by atoms with E-state index in [9.17, 15) is 9.59 Å². The molecule has 6 heteroatoms. The Labute approximate surface area is 157 Å². The number of allylic oxidation sites excluding steroid dienone is 2. The van der Waals surface area contributed by atoms with Crippen molar-refractivity contribution in [2.45, 2.75) is 18.9 Å². The average molecular weight is 363 g/mol. The molecule has 2 N–H and O–H groups in total. The van der Waals surface area contributed by atoms with Crippen molar-refractivity contribution >= 4 is 11.6 Å². The fraction of sp³-hybridized carbons (Fsp3) is 0.286. The second-order valence-electron chi connectivity index (χ2n) is 7.03. The van der Waals surface area contributed by atoms with Crippen LogP contribution in [0.5, 0.6) is 5.75 Å². The molecule has 0 radical (unpaired) electrons. The van der Waals surface area contributed by atoms with Crippen LogP contribution in [0, 0.1) is 0 Å². The number of ketones is 2. The van der Waals surface area contributed by atoms with Crippen molar-refractivity contribution in [3.8, 4) is 17.0 Å². The summed E-state index contributed by atoms with van der Waals surface area (Å²) in [6.07, 6.45) is 3.44. The van der Waals surface area contributed by atoms with Crippen LogP contribution in [0.15, 0.2) is 48.2 Å². The Kier molecular flexibility index (Phi) is 4.49. The highest BCUT2D eigenvalue weighted by Crippen LogP contribution is 2.26. The summed E-state index contributed by atoms with van der Waals surface area (Å²) in [7, 11) is 2.12. The highest BCUT2D eigenvalue weighted by atomic mass is 16.5. The predicted molar refractivity (Wildman–Crippen MR) is 102 cm³/mol. The van der Waals surface area contributed by atoms with Crippen molar-refractivity contribution < 1.29 is 14.3 Å². The Morgan fingerprint density at radius 2 is 1.78 bits per heavy atom. The molecule has 0 bridgehead atoms. The summed E-state index contributed by atoms with van der Waals surface area (Å²) >= 11 is 0. The van der Waals surface area contributed by atoms with Crippen LogP contribution in [-0.4, -0.2) is 47.7 Å². The minimum absolute atomic E-state index is 0.0703. The molecule has 0 amide bonds. The number of piperidine rings is 1. The van der Waals surface area contributed by atoms with Crippen LogP contribution >= 0.6 is 0 Å². The van der Waals surface area contributed by atoms with Gasteiger partial charge in [-0.05, 0) is 56.3 Å². The molecule has 0 unspecified atom stereocenters. The third-order valence-corrected chi connectivity index (χ3v) is 5.04. The largest absolute Gasteiger partial charge is 0.490 e. The Hall–Kier alpha value is -2.99. The number of rotatable bonds is 3. The van der Waals surface area contributed by atoms with E-state index in [4.69, 9.17) is 10.5 Å². The predicted octanol–water partition coefficient (Wildman–Crippen LogP) is 2.44. The van der Waals surface area contributed by atoms with Gasteiger partial charge in [0.25, 0.3) is 0 Å². The second kappa shape index (κ2) is 6.96. The molecule has 2 aromatic rings. The Morgan fingerprint density at radius 1 is 1.07 bits per heavy atom. The molecule has 0 spiro atoms. The zero-order valence-corrected chi connectivity index (χ0v) is 15.1. The molecular weight excluding hydrogens is 342 g/mol. The number of fused-ring (bicyclic) bond motifs is 1. The summed E-state index contributed by atoms with van der Waals surface area (Å²) in [4.78, 5) is 30.9. The lowest BCUT2D eigenvalue weighted by Crippen LogP contribution is -2.35. The molecule has 1 aliphatic carbocycles. The van der Waals surface area contributed by atoms with Gasteiger partial charge in [0.2, 0.25) is 5.78 Å². The maximum absolute atomic E-state index is 12.2. The van der Waals surface area contributed by atoms with Crippen LogP contribution in [0.3, 0.4) is 0 Å². The highest BCUT2D eigenvalue weighted by Gasteiger charge is 2.26. The van der Waals surface area contributed by atoms with Crippen LogP contribution in [-0.2, 0) is 0 Å². The fourth-order valence-corrected chi connectivity index (χ4v) is 3.41. The van der Waals surface area contributed by atoms with Gasteiger partial charge in [-0.1, -0.05) is 0 Å². The number of ether oxygens (including phenoxy) is 1. The van der Waals surface area contributed by atoms with Crippen molar-refractivity contribution in [1.82, 2.24) is 9.88 Å². The van der Waals surface area contributed by atoms with Gasteiger partial charge in [0.1, 0.15) is 17.5 Å². The summed E-state index contributed by atoms with van der Waals surface area (Å²) in [5.74, 6) is 0.126. The van der Waals surface area contributed by atoms with Gasteiger partial charge in [0.15, 0.2) is 5.78 Å². The standard InChI is InChI=1S/C21H21N3O3/c1-24-10-8-15(9-11-24)27-14-4-2-13(3-5-14)18-7-6-16-19(25)12-17(22)21(26)20(16)23-18/h2-7,12,15H,8-11,22H2,1H3. The Bertz CT molecular complexity index is 926. The van der Waals surface area contributed by atoms with Gasteiger partial charge in [-0.25, -0.2) is 4.98 Å². The minimum atomic E-state index is -0.409. The quantitative estimate of drug-likeness (QED) is 0.901. The third-order valence-electron chi connectivity index (χ3n) is 5.04. The highest BCUT2D eigenvalue weighted by molar-refractivity contribution is 6.23. The Morgan fingerprint density at radius 3 is 2.48 bits per heavy atom. The van der Waals surface area contributed by atoms with Gasteiger partial charge in [-0.3, -0.25) is 9.59 Å². The number of nitrogens with two attached hydrogens (primary N) is 1. The molecular formula is C21H21N3O3. The van der Waals surface area contributed by atoms with Gasteiger partial charge < -0.3 is 15.4 Å². The smallest absolute Gasteiger partial charge is 0.227 e. The first-order chi connectivity index (χ1) is 13.0. The van der Waals surface area contributed by atoms with E-state index in [1.807, 2.05) is 24.3 Å². The summed E-state index contributed by atoms with van der Waals surface area (Å²) < 4.78 is 6.06. The van der Waals surface area contributed by atoms with E-state index in [0.29, 0.717) is 11.3 Å². The van der Waals surface area contributed by atoms with Crippen LogP contribution in [0.4, 0.5) is 0 Å². The number of Topliss-reactive ketones (excluding diaryl/α,β-unsaturated/α-hetero) is 1. The number of aromatic nitrogens is 1. The number of nitrogens with zero attached hydrogens (tertiary/aromatic N) is 2. The molecule has 2 heterocycles. The van der Waals surface area contributed by atoms with Gasteiger partial charge in [0, 0.05) is 24.7 Å². The van der Waals surface area contributed by atoms with E-state index < -0.39 is 5.78 Å². The van der Waals surface area contributed by atoms with E-state index in [-0.39, 0.29) is 23.3 Å². The van der Waals surface area contributed by atoms with Gasteiger partial charge in [-0.2, -0.15) is 0 Å². The van der Waals surface area contributed by atoms with E-state index in [1.54, 1.807) is 12.1 Å². The number of carbonyl (C=O) groups excluding carboxylic acids is 2. The molecule has 1 fully saturated rings. The number of likely N-dealkylation sites (tertiary alicyclic amines) is 1. The number of hydrogen-bond acceptors (Lipinski definition) is 6. The number of benzene rings is 1. The Balaban J connectivity index is 1.53. The lowest BCUT2D eigenvalue weighted by molar-refractivity contribution is 0.0979. The molecule has 138 valence electrons. The van der Waals surface area contributed by atoms with E-state index >= 15 is 0 Å². The maximum atomic E-state index is 12.2. The van der Waals surface area contributed by atoms with Crippen molar-refractivity contribution in [2.75, 3.05) is 20.1 Å². The van der Waals surface area contributed by atoms with Crippen molar-refractivity contribution in [1.29, 1.82) is 0 Å². The molecule has 0 atom stereocenters. The first kappa shape index (κ1) is 17.4. The molecule has 1 aromatic carbocycles. The zero-order valence-electron chi connectivity index (χ0n) is 15.1. The molecule has 6 nitrogen and oxygen atoms in total. The monoisotopic (exact) mass is 363 g/mol. The van der Waals surface area contributed by atoms with Crippen LogP contribution in [0.25, 0.3) is 11.3 Å². The van der Waals surface area contributed by atoms with Crippen molar-refractivity contribution in [3.05, 3.63) is 59.4 Å². The molecule has 0 saturated carbocycles. The normalized spacial score (nSPS) is 18.2. The van der Waals surface area contributed by atoms with E-state index in [0.717, 1.165) is 43.3 Å². The fourth-order valence-electron chi connectivity index (χ4n) is 3.41. The molecule has 27 heavy (non-hydrogen) atoms. The van der Waals surface area contributed by atoms with Crippen LogP contribution in [0.2, 0.25) is 0 Å². The van der Waals surface area contributed by atoms with Gasteiger partial charge >= 0.3 is 0 Å². The lowest BCUT2D eigenvalue weighted by Gasteiger charge is -2.29. The summed E-state index contributed by atoms with van der Waals surface area (Å²) in [6.45, 7) is 2.10.